The van der Waals surface area contributed by atoms with Gasteiger partial charge in [0.25, 0.3) is 0 Å². The third-order valence-electron chi connectivity index (χ3n) is 10.8. The number of benzene rings is 6. The molecule has 9 rings (SSSR count). The normalized spacial score (nSPS) is 12.9. The molecule has 0 N–H and O–H groups in total. The Kier molecular flexibility index (Phi) is 8.61. The van der Waals surface area contributed by atoms with E-state index in [0.717, 1.165) is 61.4 Å². The number of anilines is 4. The first-order valence-corrected chi connectivity index (χ1v) is 19.1. The second-order valence-electron chi connectivity index (χ2n) is 15.8. The number of aromatic nitrogens is 2. The molecule has 0 saturated carbocycles. The highest BCUT2D eigenvalue weighted by Gasteiger charge is 2.33. The lowest BCUT2D eigenvalue weighted by Gasteiger charge is -2.24. The van der Waals surface area contributed by atoms with Crippen LogP contribution in [0.3, 0.4) is 0 Å². The molecule has 0 aliphatic carbocycles. The fourth-order valence-electron chi connectivity index (χ4n) is 7.99. The molecular formula is C49H42F2N4O. The van der Waals surface area contributed by atoms with Crippen molar-refractivity contribution in [3.63, 3.8) is 0 Å². The van der Waals surface area contributed by atoms with Gasteiger partial charge in [-0.05, 0) is 100 Å². The van der Waals surface area contributed by atoms with Gasteiger partial charge in [0, 0.05) is 34.8 Å². The summed E-state index contributed by atoms with van der Waals surface area (Å²) < 4.78 is 40.1. The van der Waals surface area contributed by atoms with E-state index in [1.807, 2.05) is 36.4 Å². The van der Waals surface area contributed by atoms with Gasteiger partial charge in [0.1, 0.15) is 41.3 Å². The lowest BCUT2D eigenvalue weighted by atomic mass is 9.86. The Morgan fingerprint density at radius 3 is 2.16 bits per heavy atom. The Morgan fingerprint density at radius 2 is 1.39 bits per heavy atom. The fourth-order valence-corrected chi connectivity index (χ4v) is 7.99. The van der Waals surface area contributed by atoms with E-state index in [1.54, 1.807) is 11.1 Å². The summed E-state index contributed by atoms with van der Waals surface area (Å²) in [5.74, 6) is 1.19. The van der Waals surface area contributed by atoms with Gasteiger partial charge in [-0.2, -0.15) is 0 Å². The van der Waals surface area contributed by atoms with E-state index in [2.05, 4.69) is 129 Å². The monoisotopic (exact) mass is 740 g/mol. The summed E-state index contributed by atoms with van der Waals surface area (Å²) in [6.07, 6.45) is 1.81. The Labute approximate surface area is 326 Å². The van der Waals surface area contributed by atoms with Gasteiger partial charge in [0.15, 0.2) is 0 Å². The predicted octanol–water partition coefficient (Wildman–Crippen LogP) is 13.6. The fraction of sp³-hybridized carbons (Fsp3) is 0.163. The molecular weight excluding hydrogens is 699 g/mol. The molecule has 0 fully saturated rings. The average Bonchev–Trinajstić information content (AvgIpc) is 3.73. The van der Waals surface area contributed by atoms with Crippen molar-refractivity contribution in [2.24, 2.45) is 0 Å². The minimum absolute atomic E-state index is 0.0725. The van der Waals surface area contributed by atoms with Gasteiger partial charge in [0.05, 0.1) is 22.4 Å². The van der Waals surface area contributed by atoms with Gasteiger partial charge in [-0.1, -0.05) is 95.3 Å². The average molecular weight is 741 g/mol. The number of hydrogen-bond acceptors (Lipinski definition) is 4. The Morgan fingerprint density at radius 1 is 0.643 bits per heavy atom. The summed E-state index contributed by atoms with van der Waals surface area (Å²) in [4.78, 5) is 8.56. The van der Waals surface area contributed by atoms with Crippen LogP contribution < -0.4 is 14.5 Å². The molecule has 2 aromatic heterocycles. The van der Waals surface area contributed by atoms with Crippen LogP contribution in [0.4, 0.5) is 31.5 Å². The van der Waals surface area contributed by atoms with E-state index < -0.39 is 11.6 Å². The molecule has 0 saturated heterocycles. The third kappa shape index (κ3) is 6.13. The van der Waals surface area contributed by atoms with Gasteiger partial charge in [-0.15, -0.1) is 0 Å². The van der Waals surface area contributed by atoms with Crippen LogP contribution in [0, 0.1) is 11.6 Å². The zero-order valence-corrected chi connectivity index (χ0v) is 32.1. The highest BCUT2D eigenvalue weighted by Crippen LogP contribution is 2.49. The second kappa shape index (κ2) is 13.7. The molecule has 56 heavy (non-hydrogen) atoms. The molecule has 0 amide bonds. The summed E-state index contributed by atoms with van der Waals surface area (Å²) in [6.45, 7) is 11.0. The predicted molar refractivity (Wildman–Crippen MR) is 225 cm³/mol. The quantitative estimate of drug-likeness (QED) is 0.163. The number of ether oxygens (including phenoxy) is 1. The number of rotatable bonds is 7. The number of halogens is 2. The van der Waals surface area contributed by atoms with Crippen LogP contribution in [0.2, 0.25) is 0 Å². The van der Waals surface area contributed by atoms with Crippen molar-refractivity contribution in [1.82, 2.24) is 9.55 Å². The van der Waals surface area contributed by atoms with Gasteiger partial charge in [-0.3, -0.25) is 4.57 Å². The van der Waals surface area contributed by atoms with Gasteiger partial charge in [-0.25, -0.2) is 13.8 Å². The molecule has 0 radical (unpaired) electrons. The van der Waals surface area contributed by atoms with Crippen molar-refractivity contribution in [2.45, 2.75) is 46.0 Å². The first kappa shape index (κ1) is 35.2. The van der Waals surface area contributed by atoms with Crippen molar-refractivity contribution < 1.29 is 13.5 Å². The first-order valence-electron chi connectivity index (χ1n) is 19.1. The van der Waals surface area contributed by atoms with Crippen molar-refractivity contribution in [1.29, 1.82) is 0 Å². The Bertz CT molecular complexity index is 2750. The van der Waals surface area contributed by atoms with Crippen LogP contribution in [0.5, 0.6) is 11.5 Å². The van der Waals surface area contributed by atoms with Crippen molar-refractivity contribution >= 4 is 44.6 Å². The molecule has 8 aromatic rings. The SMILES string of the molecule is CC(C)c1ccccc1-c1cc(Oc2ccc3c4ccccc4n(-c4ccccn4)c3c2)cc(N2CN(c3c(F)cccc3F)c3cc(C(C)(C)C)ccc32)c1. The summed E-state index contributed by atoms with van der Waals surface area (Å²) in [5.41, 5.74) is 8.58. The van der Waals surface area contributed by atoms with Gasteiger partial charge in [0.2, 0.25) is 0 Å². The summed E-state index contributed by atoms with van der Waals surface area (Å²) in [5, 5.41) is 2.23. The molecule has 1 aliphatic heterocycles. The minimum atomic E-state index is -0.610. The molecule has 278 valence electrons. The van der Waals surface area contributed by atoms with E-state index in [9.17, 15) is 0 Å². The van der Waals surface area contributed by atoms with Crippen LogP contribution in [-0.4, -0.2) is 16.2 Å². The molecule has 0 bridgehead atoms. The van der Waals surface area contributed by atoms with Gasteiger partial charge >= 0.3 is 0 Å². The molecule has 5 nitrogen and oxygen atoms in total. The highest BCUT2D eigenvalue weighted by atomic mass is 19.1. The Hall–Kier alpha value is -6.47. The smallest absolute Gasteiger partial charge is 0.149 e. The van der Waals surface area contributed by atoms with Crippen LogP contribution in [0.15, 0.2) is 146 Å². The standard InChI is InChI=1S/C49H42F2N4O/c1-31(2)37-13-6-7-14-38(37)32-25-34(53-30-54(48-41(50)16-12-17-42(48)51)46-27-33(49(3,4)5)20-23-44(46)53)28-36(26-32)56-35-21-22-40-39-15-8-9-18-43(39)55(45(40)29-35)47-19-10-11-24-52-47/h6-29,31H,30H2,1-5H3. The molecule has 3 heterocycles. The van der Waals surface area contributed by atoms with E-state index in [1.165, 1.54) is 23.8 Å². The van der Waals surface area contributed by atoms with E-state index in [4.69, 9.17) is 9.72 Å². The molecule has 1 aliphatic rings. The van der Waals surface area contributed by atoms with Gasteiger partial charge < -0.3 is 14.5 Å². The molecule has 0 atom stereocenters. The topological polar surface area (TPSA) is 33.5 Å². The largest absolute Gasteiger partial charge is 0.457 e. The maximum absolute atomic E-state index is 15.6. The molecule has 0 unspecified atom stereocenters. The number of fused-ring (bicyclic) bond motifs is 4. The second-order valence-corrected chi connectivity index (χ2v) is 15.8. The van der Waals surface area contributed by atoms with Crippen molar-refractivity contribution in [3.8, 4) is 28.4 Å². The lowest BCUT2D eigenvalue weighted by molar-refractivity contribution is 0.483. The summed E-state index contributed by atoms with van der Waals surface area (Å²) >= 11 is 0. The summed E-state index contributed by atoms with van der Waals surface area (Å²) in [6, 6.07) is 45.4. The highest BCUT2D eigenvalue weighted by molar-refractivity contribution is 6.09. The van der Waals surface area contributed by atoms with Crippen molar-refractivity contribution in [3.05, 3.63) is 168 Å². The van der Waals surface area contributed by atoms with E-state index >= 15 is 8.78 Å². The van der Waals surface area contributed by atoms with E-state index in [-0.39, 0.29) is 23.7 Å². The minimum Gasteiger partial charge on any atom is -0.457 e. The lowest BCUT2D eigenvalue weighted by Crippen LogP contribution is -2.25. The van der Waals surface area contributed by atoms with E-state index in [0.29, 0.717) is 11.5 Å². The third-order valence-corrected chi connectivity index (χ3v) is 10.8. The Balaban J connectivity index is 1.21. The zero-order valence-electron chi connectivity index (χ0n) is 32.1. The molecule has 6 aromatic carbocycles. The zero-order chi connectivity index (χ0) is 38.7. The van der Waals surface area contributed by atoms with Crippen LogP contribution in [0.25, 0.3) is 38.8 Å². The molecule has 7 heteroatoms. The van der Waals surface area contributed by atoms with Crippen LogP contribution in [0.1, 0.15) is 51.7 Å². The number of nitrogens with zero attached hydrogens (tertiary/aromatic N) is 4. The first-order chi connectivity index (χ1) is 27.0. The maximum atomic E-state index is 15.6. The van der Waals surface area contributed by atoms with Crippen LogP contribution in [-0.2, 0) is 5.41 Å². The number of pyridine rings is 1. The molecule has 0 spiro atoms. The van der Waals surface area contributed by atoms with Crippen LogP contribution >= 0.6 is 0 Å². The summed E-state index contributed by atoms with van der Waals surface area (Å²) in [7, 11) is 0. The van der Waals surface area contributed by atoms with Crippen molar-refractivity contribution in [2.75, 3.05) is 16.5 Å². The number of hydrogen-bond donors (Lipinski definition) is 0. The maximum Gasteiger partial charge on any atom is 0.149 e. The number of para-hydroxylation sites is 2.